The Morgan fingerprint density at radius 1 is 1.33 bits per heavy atom. The summed E-state index contributed by atoms with van der Waals surface area (Å²) >= 11 is 0. The van der Waals surface area contributed by atoms with Gasteiger partial charge >= 0.3 is 0 Å². The van der Waals surface area contributed by atoms with E-state index in [2.05, 4.69) is 33.1 Å². The van der Waals surface area contributed by atoms with E-state index in [4.69, 9.17) is 0 Å². The number of nitrogens with zero attached hydrogens (tertiary/aromatic N) is 2. The van der Waals surface area contributed by atoms with Gasteiger partial charge in [-0.1, -0.05) is 13.3 Å². The van der Waals surface area contributed by atoms with Gasteiger partial charge in [-0.05, 0) is 6.42 Å². The zero-order chi connectivity index (χ0) is 13.8. The highest BCUT2D eigenvalue weighted by atomic mass is 16.3. The Labute approximate surface area is 108 Å². The molecule has 18 heavy (non-hydrogen) atoms. The van der Waals surface area contributed by atoms with Gasteiger partial charge in [0.15, 0.2) is 11.0 Å². The summed E-state index contributed by atoms with van der Waals surface area (Å²) in [4.78, 5) is 15.7. The number of rotatable bonds is 7. The summed E-state index contributed by atoms with van der Waals surface area (Å²) in [5, 5.41) is 13.7. The molecule has 1 rings (SSSR count). The molecule has 2 N–H and O–H groups in total. The smallest absolute Gasteiger partial charge is 0.208 e. The highest BCUT2D eigenvalue weighted by Crippen LogP contribution is 2.03. The molecule has 0 aliphatic rings. The summed E-state index contributed by atoms with van der Waals surface area (Å²) in [6.45, 7) is 4.39. The van der Waals surface area contributed by atoms with Crippen molar-refractivity contribution < 1.29 is 14.9 Å². The maximum absolute atomic E-state index is 11.4. The molecule has 0 bridgehead atoms. The molecule has 0 saturated heterocycles. The van der Waals surface area contributed by atoms with Crippen LogP contribution in [0.3, 0.4) is 0 Å². The molecule has 0 radical (unpaired) electrons. The summed E-state index contributed by atoms with van der Waals surface area (Å²) in [5.74, 6) is -0.366. The van der Waals surface area contributed by atoms with Crippen molar-refractivity contribution in [1.29, 1.82) is 0 Å². The maximum Gasteiger partial charge on any atom is 0.208 e. The molecule has 0 spiro atoms. The second-order valence-corrected chi connectivity index (χ2v) is 5.66. The van der Waals surface area contributed by atoms with Crippen LogP contribution in [0, 0.1) is 0 Å². The fourth-order valence-electron chi connectivity index (χ4n) is 1.66. The van der Waals surface area contributed by atoms with Gasteiger partial charge in [0.1, 0.15) is 0 Å². The van der Waals surface area contributed by atoms with Crippen molar-refractivity contribution in [2.24, 2.45) is 4.99 Å². The zero-order valence-corrected chi connectivity index (χ0v) is 11.8. The lowest BCUT2D eigenvalue weighted by Gasteiger charge is -2.22. The summed E-state index contributed by atoms with van der Waals surface area (Å²) in [5.41, 5.74) is 0.119. The van der Waals surface area contributed by atoms with E-state index >= 15 is 0 Å². The number of hydrogen-bond acceptors (Lipinski definition) is 3. The molecule has 0 aliphatic heterocycles. The Bertz CT molecular complexity index is 465. The molecule has 5 nitrogen and oxygen atoms in total. The van der Waals surface area contributed by atoms with Crippen molar-refractivity contribution in [3.63, 3.8) is 0 Å². The Kier molecular flexibility index (Phi) is 5.04. The fraction of sp³-hybridized carbons (Fsp3) is 0.692. The largest absolute Gasteiger partial charge is 0.866 e. The SMILES string of the molecule is CCCC[NH2+]c1c([O-])c(=O)c1=NCC[N+](C)(C)C. The molecule has 0 aliphatic carbocycles. The van der Waals surface area contributed by atoms with E-state index in [1.54, 1.807) is 0 Å². The average Bonchev–Trinajstić information content (AvgIpc) is 2.29. The first-order chi connectivity index (χ1) is 8.37. The molecular formula is C13H24N3O2+. The molecule has 5 heteroatoms. The normalized spacial score (nSPS) is 13.4. The van der Waals surface area contributed by atoms with Gasteiger partial charge in [-0.3, -0.25) is 9.79 Å². The van der Waals surface area contributed by atoms with Gasteiger partial charge in [0.2, 0.25) is 5.43 Å². The lowest BCUT2D eigenvalue weighted by molar-refractivity contribution is -0.868. The third-order valence-corrected chi connectivity index (χ3v) is 2.87. The predicted octanol–water partition coefficient (Wildman–Crippen LogP) is -1.40. The second-order valence-electron chi connectivity index (χ2n) is 5.66. The number of likely N-dealkylation sites (N-methyl/N-ethyl adjacent to an activating group) is 1. The molecule has 0 fully saturated rings. The Balaban J connectivity index is 2.68. The number of nitrogens with two attached hydrogens (primary N) is 1. The highest BCUT2D eigenvalue weighted by molar-refractivity contribution is 5.48. The van der Waals surface area contributed by atoms with E-state index < -0.39 is 5.43 Å². The van der Waals surface area contributed by atoms with Crippen molar-refractivity contribution >= 4 is 5.69 Å². The van der Waals surface area contributed by atoms with E-state index in [0.29, 0.717) is 17.6 Å². The standard InChI is InChI=1S/C13H23N3O2/c1-5-6-7-14-10-11(13(18)12(10)17)15-8-9-16(2,3)4/h5-9H2,1-4H3,(H-,14,15,17,18)/p+1. The van der Waals surface area contributed by atoms with Crippen LogP contribution < -0.4 is 21.2 Å². The first kappa shape index (κ1) is 14.9. The van der Waals surface area contributed by atoms with Gasteiger partial charge < -0.3 is 14.9 Å². The minimum absolute atomic E-state index is 0.366. The molecule has 1 aromatic rings. The van der Waals surface area contributed by atoms with Crippen LogP contribution in [-0.4, -0.2) is 45.3 Å². The van der Waals surface area contributed by atoms with Crippen LogP contribution in [0.5, 0.6) is 5.75 Å². The third-order valence-electron chi connectivity index (χ3n) is 2.87. The van der Waals surface area contributed by atoms with Gasteiger partial charge in [-0.2, -0.15) is 0 Å². The van der Waals surface area contributed by atoms with E-state index in [9.17, 15) is 9.90 Å². The van der Waals surface area contributed by atoms with Crippen molar-refractivity contribution in [2.45, 2.75) is 19.8 Å². The predicted molar refractivity (Wildman–Crippen MR) is 69.2 cm³/mol. The molecule has 0 amide bonds. The summed E-state index contributed by atoms with van der Waals surface area (Å²) in [6.07, 6.45) is 2.12. The number of quaternary nitrogens is 2. The van der Waals surface area contributed by atoms with E-state index in [1.807, 2.05) is 5.32 Å². The van der Waals surface area contributed by atoms with Crippen molar-refractivity contribution in [1.82, 2.24) is 0 Å². The monoisotopic (exact) mass is 254 g/mol. The Hall–Kier alpha value is -1.20. The van der Waals surface area contributed by atoms with Gasteiger partial charge in [-0.15, -0.1) is 0 Å². The quantitative estimate of drug-likeness (QED) is 0.480. The Morgan fingerprint density at radius 2 is 2.00 bits per heavy atom. The summed E-state index contributed by atoms with van der Waals surface area (Å²) < 4.78 is 0.799. The van der Waals surface area contributed by atoms with Gasteiger partial charge in [0, 0.05) is 5.75 Å². The zero-order valence-electron chi connectivity index (χ0n) is 11.8. The van der Waals surface area contributed by atoms with Crippen LogP contribution in [0.15, 0.2) is 9.79 Å². The molecule has 0 heterocycles. The van der Waals surface area contributed by atoms with Crippen LogP contribution >= 0.6 is 0 Å². The third kappa shape index (κ3) is 3.92. The van der Waals surface area contributed by atoms with E-state index in [1.165, 1.54) is 0 Å². The topological polar surface area (TPSA) is 69.1 Å². The molecule has 0 unspecified atom stereocenters. The maximum atomic E-state index is 11.4. The second kappa shape index (κ2) is 6.11. The van der Waals surface area contributed by atoms with Gasteiger partial charge in [-0.25, -0.2) is 0 Å². The van der Waals surface area contributed by atoms with Crippen molar-refractivity contribution in [2.75, 3.05) is 40.8 Å². The first-order valence-corrected chi connectivity index (χ1v) is 6.51. The molecule has 0 atom stereocenters. The minimum atomic E-state index is -0.417. The summed E-state index contributed by atoms with van der Waals surface area (Å²) in [7, 11) is 6.23. The van der Waals surface area contributed by atoms with Crippen molar-refractivity contribution in [3.05, 3.63) is 15.6 Å². The molecule has 102 valence electrons. The average molecular weight is 254 g/mol. The number of unbranched alkanes of at least 4 members (excludes halogenated alkanes) is 1. The summed E-state index contributed by atoms with van der Waals surface area (Å²) in [6, 6.07) is 0. The molecule has 0 aromatic heterocycles. The van der Waals surface area contributed by atoms with E-state index in [-0.39, 0.29) is 5.75 Å². The molecule has 1 aromatic carbocycles. The van der Waals surface area contributed by atoms with Crippen LogP contribution in [0.4, 0.5) is 5.69 Å². The van der Waals surface area contributed by atoms with Crippen LogP contribution in [0.25, 0.3) is 0 Å². The lowest BCUT2D eigenvalue weighted by Crippen LogP contribution is -2.82. The Morgan fingerprint density at radius 3 is 2.56 bits per heavy atom. The van der Waals surface area contributed by atoms with Gasteiger partial charge in [0.05, 0.1) is 40.8 Å². The van der Waals surface area contributed by atoms with E-state index in [0.717, 1.165) is 30.4 Å². The van der Waals surface area contributed by atoms with Crippen LogP contribution in [-0.2, 0) is 0 Å². The number of hydrogen-bond donors (Lipinski definition) is 1. The van der Waals surface area contributed by atoms with Crippen molar-refractivity contribution in [3.8, 4) is 5.75 Å². The highest BCUT2D eigenvalue weighted by Gasteiger charge is 2.15. The molecule has 0 saturated carbocycles. The first-order valence-electron chi connectivity index (χ1n) is 6.51. The molecular weight excluding hydrogens is 230 g/mol. The van der Waals surface area contributed by atoms with Crippen LogP contribution in [0.1, 0.15) is 19.8 Å². The minimum Gasteiger partial charge on any atom is -0.866 e. The van der Waals surface area contributed by atoms with Crippen LogP contribution in [0.2, 0.25) is 0 Å². The lowest BCUT2D eigenvalue weighted by atomic mass is 10.2. The van der Waals surface area contributed by atoms with Gasteiger partial charge in [0.25, 0.3) is 0 Å². The fourth-order valence-corrected chi connectivity index (χ4v) is 1.66.